The highest BCUT2D eigenvalue weighted by Gasteiger charge is 2.24. The van der Waals surface area contributed by atoms with Gasteiger partial charge >= 0.3 is 0 Å². The summed E-state index contributed by atoms with van der Waals surface area (Å²) in [4.78, 5) is 19.9. The Morgan fingerprint density at radius 3 is 2.69 bits per heavy atom. The predicted octanol–water partition coefficient (Wildman–Crippen LogP) is 1.91. The van der Waals surface area contributed by atoms with Gasteiger partial charge in [-0.05, 0) is 12.8 Å². The topological polar surface area (TPSA) is 54.9 Å². The number of nitrogens with zero attached hydrogens (tertiary/aromatic N) is 2. The van der Waals surface area contributed by atoms with Crippen LogP contribution in [0.25, 0.3) is 0 Å². The van der Waals surface area contributed by atoms with Crippen LogP contribution in [0.15, 0.2) is 18.7 Å². The second-order valence-electron chi connectivity index (χ2n) is 4.01. The molecule has 1 amide bonds. The van der Waals surface area contributed by atoms with Crippen molar-refractivity contribution in [1.29, 1.82) is 0 Å². The van der Waals surface area contributed by atoms with Crippen molar-refractivity contribution in [3.63, 3.8) is 0 Å². The Bertz CT molecular complexity index is 358. The minimum Gasteiger partial charge on any atom is -0.348 e. The molecule has 2 unspecified atom stereocenters. The largest absolute Gasteiger partial charge is 0.348 e. The summed E-state index contributed by atoms with van der Waals surface area (Å²) in [5, 5.41) is 3.02. The number of aromatic nitrogens is 2. The third kappa shape index (κ3) is 2.78. The van der Waals surface area contributed by atoms with Gasteiger partial charge in [0.05, 0.1) is 5.56 Å². The second-order valence-corrected chi connectivity index (χ2v) is 5.18. The van der Waals surface area contributed by atoms with Crippen LogP contribution in [0, 0.1) is 0 Å². The summed E-state index contributed by atoms with van der Waals surface area (Å²) in [6.45, 7) is 0. The molecule has 1 aromatic heterocycles. The number of amides is 1. The highest BCUT2D eigenvalue weighted by molar-refractivity contribution is 9.09. The van der Waals surface area contributed by atoms with Gasteiger partial charge in [0.2, 0.25) is 0 Å². The first kappa shape index (κ1) is 11.5. The average molecular weight is 284 g/mol. The standard InChI is InChI=1S/C11H14BrN3O/c12-9-3-1-2-4-10(9)15-11(16)8-5-13-7-14-6-8/h5-7,9-10H,1-4H2,(H,15,16). The van der Waals surface area contributed by atoms with Gasteiger partial charge in [-0.2, -0.15) is 0 Å². The number of alkyl halides is 1. The Labute approximate surface area is 103 Å². The van der Waals surface area contributed by atoms with Gasteiger partial charge in [0.1, 0.15) is 6.33 Å². The van der Waals surface area contributed by atoms with E-state index in [4.69, 9.17) is 0 Å². The summed E-state index contributed by atoms with van der Waals surface area (Å²) >= 11 is 3.61. The van der Waals surface area contributed by atoms with E-state index in [2.05, 4.69) is 31.2 Å². The summed E-state index contributed by atoms with van der Waals surface area (Å²) in [7, 11) is 0. The van der Waals surface area contributed by atoms with Crippen molar-refractivity contribution in [2.24, 2.45) is 0 Å². The van der Waals surface area contributed by atoms with Crippen LogP contribution in [0.5, 0.6) is 0 Å². The molecule has 0 aliphatic heterocycles. The lowest BCUT2D eigenvalue weighted by Gasteiger charge is -2.28. The van der Waals surface area contributed by atoms with Crippen LogP contribution in [-0.2, 0) is 0 Å². The molecule has 0 saturated heterocycles. The van der Waals surface area contributed by atoms with Gasteiger partial charge in [-0.1, -0.05) is 28.8 Å². The summed E-state index contributed by atoms with van der Waals surface area (Å²) in [6.07, 6.45) is 9.06. The van der Waals surface area contributed by atoms with E-state index in [0.717, 1.165) is 12.8 Å². The van der Waals surface area contributed by atoms with E-state index in [9.17, 15) is 4.79 Å². The zero-order valence-corrected chi connectivity index (χ0v) is 10.5. The molecule has 0 spiro atoms. The van der Waals surface area contributed by atoms with E-state index in [1.54, 1.807) is 0 Å². The molecule has 1 saturated carbocycles. The monoisotopic (exact) mass is 283 g/mol. The van der Waals surface area contributed by atoms with E-state index in [-0.39, 0.29) is 11.9 Å². The van der Waals surface area contributed by atoms with Gasteiger partial charge in [-0.3, -0.25) is 4.79 Å². The van der Waals surface area contributed by atoms with Crippen molar-refractivity contribution in [3.8, 4) is 0 Å². The molecule has 2 rings (SSSR count). The van der Waals surface area contributed by atoms with E-state index in [1.165, 1.54) is 31.6 Å². The smallest absolute Gasteiger partial charge is 0.254 e. The van der Waals surface area contributed by atoms with Gasteiger partial charge in [-0.25, -0.2) is 9.97 Å². The molecule has 1 fully saturated rings. The van der Waals surface area contributed by atoms with Gasteiger partial charge in [-0.15, -0.1) is 0 Å². The van der Waals surface area contributed by atoms with Crippen molar-refractivity contribution in [2.45, 2.75) is 36.6 Å². The number of halogens is 1. The van der Waals surface area contributed by atoms with Crippen LogP contribution >= 0.6 is 15.9 Å². The maximum Gasteiger partial charge on any atom is 0.254 e. The molecule has 1 heterocycles. The molecule has 4 nitrogen and oxygen atoms in total. The SMILES string of the molecule is O=C(NC1CCCCC1Br)c1cncnc1. The van der Waals surface area contributed by atoms with E-state index in [1.807, 2.05) is 0 Å². The fourth-order valence-electron chi connectivity index (χ4n) is 1.92. The van der Waals surface area contributed by atoms with Crippen LogP contribution in [0.2, 0.25) is 0 Å². The lowest BCUT2D eigenvalue weighted by atomic mass is 9.95. The highest BCUT2D eigenvalue weighted by atomic mass is 79.9. The second kappa shape index (κ2) is 5.39. The van der Waals surface area contributed by atoms with Crippen LogP contribution < -0.4 is 5.32 Å². The molecule has 1 aliphatic rings. The quantitative estimate of drug-likeness (QED) is 0.844. The van der Waals surface area contributed by atoms with Gasteiger partial charge in [0, 0.05) is 23.3 Å². The normalized spacial score (nSPS) is 25.1. The number of hydrogen-bond donors (Lipinski definition) is 1. The maximum absolute atomic E-state index is 11.8. The summed E-state index contributed by atoms with van der Waals surface area (Å²) in [6, 6.07) is 0.224. The lowest BCUT2D eigenvalue weighted by Crippen LogP contribution is -2.42. The first-order valence-corrected chi connectivity index (χ1v) is 6.39. The van der Waals surface area contributed by atoms with Crippen LogP contribution in [-0.4, -0.2) is 26.7 Å². The molecule has 5 heteroatoms. The molecule has 1 N–H and O–H groups in total. The van der Waals surface area contributed by atoms with Crippen molar-refractivity contribution in [3.05, 3.63) is 24.3 Å². The van der Waals surface area contributed by atoms with E-state index < -0.39 is 0 Å². The van der Waals surface area contributed by atoms with Gasteiger partial charge in [0.15, 0.2) is 0 Å². The minimum atomic E-state index is -0.0862. The zero-order chi connectivity index (χ0) is 11.4. The van der Waals surface area contributed by atoms with Crippen LogP contribution in [0.1, 0.15) is 36.0 Å². The Morgan fingerprint density at radius 2 is 2.00 bits per heavy atom. The molecule has 16 heavy (non-hydrogen) atoms. The summed E-state index contributed by atoms with van der Waals surface area (Å²) in [5.41, 5.74) is 0.521. The molecular formula is C11H14BrN3O. The number of carbonyl (C=O) groups excluding carboxylic acids is 1. The molecule has 0 radical (unpaired) electrons. The fourth-order valence-corrected chi connectivity index (χ4v) is 2.64. The average Bonchev–Trinajstić information content (AvgIpc) is 2.33. The minimum absolute atomic E-state index is 0.0862. The van der Waals surface area contributed by atoms with Crippen LogP contribution in [0.4, 0.5) is 0 Å². The van der Waals surface area contributed by atoms with Crippen molar-refractivity contribution in [1.82, 2.24) is 15.3 Å². The fraction of sp³-hybridized carbons (Fsp3) is 0.545. The molecule has 1 aromatic rings. The first-order chi connectivity index (χ1) is 7.77. The molecule has 0 aromatic carbocycles. The molecule has 0 bridgehead atoms. The lowest BCUT2D eigenvalue weighted by molar-refractivity contribution is 0.0929. The maximum atomic E-state index is 11.8. The van der Waals surface area contributed by atoms with Gasteiger partial charge in [0.25, 0.3) is 5.91 Å². The third-order valence-electron chi connectivity index (χ3n) is 2.82. The number of carbonyl (C=O) groups is 1. The first-order valence-electron chi connectivity index (χ1n) is 5.47. The third-order valence-corrected chi connectivity index (χ3v) is 3.92. The predicted molar refractivity (Wildman–Crippen MR) is 64.5 cm³/mol. The highest BCUT2D eigenvalue weighted by Crippen LogP contribution is 2.24. The number of rotatable bonds is 2. The Morgan fingerprint density at radius 1 is 1.31 bits per heavy atom. The Hall–Kier alpha value is -0.970. The number of nitrogens with one attached hydrogen (secondary N) is 1. The molecule has 86 valence electrons. The van der Waals surface area contributed by atoms with E-state index in [0.29, 0.717) is 10.4 Å². The van der Waals surface area contributed by atoms with Gasteiger partial charge < -0.3 is 5.32 Å². The number of hydrogen-bond acceptors (Lipinski definition) is 3. The summed E-state index contributed by atoms with van der Waals surface area (Å²) in [5.74, 6) is -0.0862. The Kier molecular flexibility index (Phi) is 3.88. The van der Waals surface area contributed by atoms with Crippen LogP contribution in [0.3, 0.4) is 0 Å². The molecule has 2 atom stereocenters. The molecular weight excluding hydrogens is 270 g/mol. The Balaban J connectivity index is 1.96. The zero-order valence-electron chi connectivity index (χ0n) is 8.90. The van der Waals surface area contributed by atoms with Crippen molar-refractivity contribution in [2.75, 3.05) is 0 Å². The molecule has 1 aliphatic carbocycles. The van der Waals surface area contributed by atoms with Crippen molar-refractivity contribution >= 4 is 21.8 Å². The van der Waals surface area contributed by atoms with Crippen molar-refractivity contribution < 1.29 is 4.79 Å². The van der Waals surface area contributed by atoms with E-state index >= 15 is 0 Å². The summed E-state index contributed by atoms with van der Waals surface area (Å²) < 4.78 is 0.